The van der Waals surface area contributed by atoms with Gasteiger partial charge < -0.3 is 4.90 Å². The number of alkyl halides is 6. The smallest absolute Gasteiger partial charge is 0.322 e. The van der Waals surface area contributed by atoms with E-state index in [-0.39, 0.29) is 23.9 Å². The largest absolute Gasteiger partial charge is 0.419 e. The number of halogens is 6. The lowest BCUT2D eigenvalue weighted by atomic mass is 10.0. The van der Waals surface area contributed by atoms with Gasteiger partial charge in [0.05, 0.1) is 17.3 Å². The van der Waals surface area contributed by atoms with E-state index in [4.69, 9.17) is 0 Å². The summed E-state index contributed by atoms with van der Waals surface area (Å²) in [4.78, 5) is 15.8. The lowest BCUT2D eigenvalue weighted by Crippen LogP contribution is -2.36. The quantitative estimate of drug-likeness (QED) is 0.675. The maximum atomic E-state index is 13.2. The topological polar surface area (TPSA) is 41.4 Å². The van der Waals surface area contributed by atoms with Crippen LogP contribution < -0.4 is 0 Å². The molecule has 5 nitrogen and oxygen atoms in total. The van der Waals surface area contributed by atoms with E-state index in [1.165, 1.54) is 17.0 Å². The van der Waals surface area contributed by atoms with Gasteiger partial charge in [-0.05, 0) is 23.5 Å². The maximum absolute atomic E-state index is 13.2. The van der Waals surface area contributed by atoms with Crippen LogP contribution in [0.5, 0.6) is 0 Å². The van der Waals surface area contributed by atoms with Crippen molar-refractivity contribution < 1.29 is 31.1 Å². The van der Waals surface area contributed by atoms with Crippen LogP contribution in [0.1, 0.15) is 16.7 Å². The number of amides is 1. The van der Waals surface area contributed by atoms with Crippen LogP contribution in [-0.2, 0) is 18.9 Å². The molecule has 2 atom stereocenters. The van der Waals surface area contributed by atoms with Crippen molar-refractivity contribution in [2.24, 2.45) is 11.8 Å². The Morgan fingerprint density at radius 3 is 2.17 bits per heavy atom. The van der Waals surface area contributed by atoms with Gasteiger partial charge in [0.15, 0.2) is 0 Å². The Labute approximate surface area is 167 Å². The summed E-state index contributed by atoms with van der Waals surface area (Å²) in [6, 6.07) is 4.82. The molecule has 1 amide bonds. The van der Waals surface area contributed by atoms with E-state index in [1.807, 2.05) is 4.90 Å². The zero-order chi connectivity index (χ0) is 21.7. The Kier molecular flexibility index (Phi) is 5.03. The number of carbonyl (C=O) groups is 1. The average Bonchev–Trinajstić information content (AvgIpc) is 3.34. The van der Waals surface area contributed by atoms with Crippen LogP contribution in [0.15, 0.2) is 36.7 Å². The van der Waals surface area contributed by atoms with Crippen LogP contribution in [-0.4, -0.2) is 51.8 Å². The summed E-state index contributed by atoms with van der Waals surface area (Å²) in [5.41, 5.74) is -1.45. The van der Waals surface area contributed by atoms with E-state index in [9.17, 15) is 31.1 Å². The third-order valence-corrected chi connectivity index (χ3v) is 5.66. The number of carbonyl (C=O) groups excluding carboxylic acids is 1. The zero-order valence-electron chi connectivity index (χ0n) is 15.6. The lowest BCUT2D eigenvalue weighted by molar-refractivity contribution is -0.139. The fourth-order valence-corrected chi connectivity index (χ4v) is 4.27. The van der Waals surface area contributed by atoms with Crippen LogP contribution in [0.4, 0.5) is 31.1 Å². The molecule has 0 radical (unpaired) electrons. The minimum Gasteiger partial charge on any atom is -0.322 e. The van der Waals surface area contributed by atoms with Crippen LogP contribution in [0.25, 0.3) is 0 Å². The first-order valence-corrected chi connectivity index (χ1v) is 9.31. The Morgan fingerprint density at radius 2 is 1.60 bits per heavy atom. The van der Waals surface area contributed by atoms with Crippen molar-refractivity contribution >= 4 is 6.03 Å². The normalized spacial score (nSPS) is 22.5. The first-order valence-electron chi connectivity index (χ1n) is 9.31. The second-order valence-electron chi connectivity index (χ2n) is 7.73. The maximum Gasteiger partial charge on any atom is 0.419 e. The highest BCUT2D eigenvalue weighted by Crippen LogP contribution is 2.36. The van der Waals surface area contributed by atoms with Crippen molar-refractivity contribution in [2.45, 2.75) is 18.9 Å². The molecule has 0 N–H and O–H groups in total. The van der Waals surface area contributed by atoms with Crippen molar-refractivity contribution in [3.05, 3.63) is 53.3 Å². The summed E-state index contributed by atoms with van der Waals surface area (Å²) in [5, 5.41) is 3.51. The van der Waals surface area contributed by atoms with Gasteiger partial charge in [0.2, 0.25) is 0 Å². The molecule has 30 heavy (non-hydrogen) atoms. The van der Waals surface area contributed by atoms with Gasteiger partial charge in [0.1, 0.15) is 0 Å². The number of hydrogen-bond donors (Lipinski definition) is 0. The second-order valence-corrected chi connectivity index (χ2v) is 7.73. The second kappa shape index (κ2) is 7.29. The number of benzene rings is 1. The monoisotopic (exact) mass is 432 g/mol. The SMILES string of the molecule is O=C(N1CC2CN(Cc3ccccc3C(F)(F)F)CC2C1)n1cc(C(F)(F)F)cn1. The van der Waals surface area contributed by atoms with Crippen LogP contribution in [0, 0.1) is 11.8 Å². The van der Waals surface area contributed by atoms with E-state index in [0.717, 1.165) is 6.07 Å². The molecule has 0 bridgehead atoms. The number of likely N-dealkylation sites (tertiary alicyclic amines) is 2. The Balaban J connectivity index is 1.38. The molecule has 1 aromatic carbocycles. The molecule has 2 aliphatic rings. The lowest BCUT2D eigenvalue weighted by Gasteiger charge is -2.22. The predicted molar refractivity (Wildman–Crippen MR) is 93.3 cm³/mol. The first-order chi connectivity index (χ1) is 14.0. The summed E-state index contributed by atoms with van der Waals surface area (Å²) in [5.74, 6) is 0.120. The molecule has 2 aliphatic heterocycles. The van der Waals surface area contributed by atoms with Crippen molar-refractivity contribution in [1.82, 2.24) is 19.6 Å². The molecule has 2 fully saturated rings. The number of nitrogens with zero attached hydrogens (tertiary/aromatic N) is 4. The van der Waals surface area contributed by atoms with Gasteiger partial charge >= 0.3 is 18.4 Å². The molecule has 0 aliphatic carbocycles. The van der Waals surface area contributed by atoms with Crippen molar-refractivity contribution in [3.63, 3.8) is 0 Å². The highest BCUT2D eigenvalue weighted by atomic mass is 19.4. The van der Waals surface area contributed by atoms with E-state index < -0.39 is 29.5 Å². The molecule has 4 rings (SSSR count). The van der Waals surface area contributed by atoms with Crippen LogP contribution in [0.2, 0.25) is 0 Å². The Morgan fingerprint density at radius 1 is 0.967 bits per heavy atom. The molecule has 162 valence electrons. The number of aromatic nitrogens is 2. The number of fused-ring (bicyclic) bond motifs is 1. The fourth-order valence-electron chi connectivity index (χ4n) is 4.27. The summed E-state index contributed by atoms with van der Waals surface area (Å²) < 4.78 is 78.3. The molecular weight excluding hydrogens is 414 g/mol. The summed E-state index contributed by atoms with van der Waals surface area (Å²) in [7, 11) is 0. The van der Waals surface area contributed by atoms with Crippen molar-refractivity contribution in [2.75, 3.05) is 26.2 Å². The van der Waals surface area contributed by atoms with Gasteiger partial charge in [-0.1, -0.05) is 18.2 Å². The van der Waals surface area contributed by atoms with E-state index in [1.54, 1.807) is 6.07 Å². The average molecular weight is 432 g/mol. The van der Waals surface area contributed by atoms with Gasteiger partial charge in [0.25, 0.3) is 0 Å². The molecule has 1 aromatic heterocycles. The van der Waals surface area contributed by atoms with Crippen molar-refractivity contribution in [3.8, 4) is 0 Å². The third kappa shape index (κ3) is 4.03. The summed E-state index contributed by atoms with van der Waals surface area (Å²) in [6.45, 7) is 1.87. The van der Waals surface area contributed by atoms with Gasteiger partial charge in [-0.2, -0.15) is 36.1 Å². The van der Waals surface area contributed by atoms with Crippen LogP contribution >= 0.6 is 0 Å². The number of rotatable bonds is 2. The van der Waals surface area contributed by atoms with Gasteiger partial charge in [-0.25, -0.2) is 4.79 Å². The Hall–Kier alpha value is -2.56. The van der Waals surface area contributed by atoms with E-state index in [0.29, 0.717) is 43.3 Å². The van der Waals surface area contributed by atoms with Gasteiger partial charge in [0, 0.05) is 38.9 Å². The van der Waals surface area contributed by atoms with E-state index >= 15 is 0 Å². The fraction of sp³-hybridized carbons (Fsp3) is 0.474. The minimum absolute atomic E-state index is 0.0599. The summed E-state index contributed by atoms with van der Waals surface area (Å²) in [6.07, 6.45) is -7.73. The highest BCUT2D eigenvalue weighted by molar-refractivity contribution is 5.76. The van der Waals surface area contributed by atoms with E-state index in [2.05, 4.69) is 5.10 Å². The number of hydrogen-bond acceptors (Lipinski definition) is 3. The van der Waals surface area contributed by atoms with Crippen molar-refractivity contribution in [1.29, 1.82) is 0 Å². The molecule has 2 saturated heterocycles. The standard InChI is InChI=1S/C19H18F6N4O/c20-18(21,22)15-5-26-29(11-15)17(30)28-9-13-7-27(8-14(13)10-28)6-12-3-1-2-4-16(12)19(23,24)25/h1-5,11,13-14H,6-10H2. The molecule has 0 saturated carbocycles. The minimum atomic E-state index is -4.58. The first kappa shape index (κ1) is 20.7. The molecule has 3 heterocycles. The Bertz CT molecular complexity index is 924. The molecule has 11 heteroatoms. The third-order valence-electron chi connectivity index (χ3n) is 5.66. The summed E-state index contributed by atoms with van der Waals surface area (Å²) >= 11 is 0. The molecule has 0 spiro atoms. The zero-order valence-corrected chi connectivity index (χ0v) is 15.6. The van der Waals surface area contributed by atoms with Crippen LogP contribution in [0.3, 0.4) is 0 Å². The predicted octanol–water partition coefficient (Wildman–Crippen LogP) is 3.95. The highest BCUT2D eigenvalue weighted by Gasteiger charge is 2.43. The molecule has 2 unspecified atom stereocenters. The van der Waals surface area contributed by atoms with Gasteiger partial charge in [-0.15, -0.1) is 0 Å². The molecular formula is C19H18F6N4O. The van der Waals surface area contributed by atoms with Gasteiger partial charge in [-0.3, -0.25) is 4.90 Å². The molecule has 2 aromatic rings.